The largest absolute Gasteiger partial charge is 0.434 e. The van der Waals surface area contributed by atoms with E-state index in [2.05, 4.69) is 30.6 Å². The lowest BCUT2D eigenvalue weighted by Crippen LogP contribution is -2.40. The number of aromatic nitrogens is 3. The summed E-state index contributed by atoms with van der Waals surface area (Å²) in [5.74, 6) is 0.269. The van der Waals surface area contributed by atoms with E-state index in [-0.39, 0.29) is 11.3 Å². The zero-order valence-corrected chi connectivity index (χ0v) is 17.1. The van der Waals surface area contributed by atoms with Gasteiger partial charge in [-0.3, -0.25) is 9.83 Å². The van der Waals surface area contributed by atoms with E-state index in [1.165, 1.54) is 6.07 Å². The van der Waals surface area contributed by atoms with Crippen LogP contribution in [0, 0.1) is 5.82 Å². The molecule has 164 valence electrons. The van der Waals surface area contributed by atoms with E-state index in [4.69, 9.17) is 4.84 Å². The Labute approximate surface area is 176 Å². The minimum Gasteiger partial charge on any atom is -0.434 e. The second kappa shape index (κ2) is 8.06. The fraction of sp³-hybridized carbons (Fsp3) is 0.350. The van der Waals surface area contributed by atoms with Crippen LogP contribution in [-0.2, 0) is 4.84 Å². The summed E-state index contributed by atoms with van der Waals surface area (Å²) in [5.41, 5.74) is 3.77. The van der Waals surface area contributed by atoms with Crippen molar-refractivity contribution in [2.75, 3.05) is 11.9 Å². The van der Waals surface area contributed by atoms with E-state index < -0.39 is 24.0 Å². The van der Waals surface area contributed by atoms with Crippen molar-refractivity contribution in [3.05, 3.63) is 53.6 Å². The van der Waals surface area contributed by atoms with Gasteiger partial charge in [0.25, 0.3) is 0 Å². The van der Waals surface area contributed by atoms with Gasteiger partial charge in [-0.25, -0.2) is 19.4 Å². The highest BCUT2D eigenvalue weighted by Gasteiger charge is 2.26. The van der Waals surface area contributed by atoms with Gasteiger partial charge in [0.05, 0.1) is 29.9 Å². The molecule has 0 bridgehead atoms. The van der Waals surface area contributed by atoms with Gasteiger partial charge in [-0.2, -0.15) is 13.9 Å². The summed E-state index contributed by atoms with van der Waals surface area (Å²) in [6.45, 7) is 2.98. The molecule has 2 aromatic heterocycles. The highest BCUT2D eigenvalue weighted by molar-refractivity contribution is 6.03. The molecule has 4 rings (SSSR count). The Morgan fingerprint density at radius 1 is 1.29 bits per heavy atom. The van der Waals surface area contributed by atoms with Crippen molar-refractivity contribution < 1.29 is 22.7 Å². The number of aliphatic imine (C=N–C) groups is 1. The predicted molar refractivity (Wildman–Crippen MR) is 108 cm³/mol. The van der Waals surface area contributed by atoms with Crippen molar-refractivity contribution in [3.63, 3.8) is 0 Å². The maximum Gasteiger partial charge on any atom is 0.387 e. The highest BCUT2D eigenvalue weighted by atomic mass is 19.3. The third-order valence-electron chi connectivity index (χ3n) is 4.65. The van der Waals surface area contributed by atoms with Crippen LogP contribution >= 0.6 is 0 Å². The molecule has 0 amide bonds. The summed E-state index contributed by atoms with van der Waals surface area (Å²) >= 11 is 0. The van der Waals surface area contributed by atoms with Gasteiger partial charge in [0.15, 0.2) is 11.5 Å². The molecule has 11 heteroatoms. The van der Waals surface area contributed by atoms with Gasteiger partial charge in [0.1, 0.15) is 17.4 Å². The first-order chi connectivity index (χ1) is 14.7. The summed E-state index contributed by atoms with van der Waals surface area (Å²) in [5, 5.41) is 7.37. The summed E-state index contributed by atoms with van der Waals surface area (Å²) in [6, 6.07) is 4.49. The molecule has 3 heterocycles. The molecule has 3 aromatic rings. The van der Waals surface area contributed by atoms with Crippen molar-refractivity contribution in [3.8, 4) is 5.75 Å². The maximum absolute atomic E-state index is 13.7. The van der Waals surface area contributed by atoms with Gasteiger partial charge in [-0.1, -0.05) is 0 Å². The summed E-state index contributed by atoms with van der Waals surface area (Å²) < 4.78 is 45.3. The lowest BCUT2D eigenvalue weighted by atomic mass is 10.1. The molecule has 0 saturated carbocycles. The molecule has 0 fully saturated rings. The first-order valence-corrected chi connectivity index (χ1v) is 9.55. The molecule has 0 aliphatic carbocycles. The van der Waals surface area contributed by atoms with Crippen molar-refractivity contribution in [2.45, 2.75) is 39.0 Å². The van der Waals surface area contributed by atoms with Gasteiger partial charge in [-0.05, 0) is 45.0 Å². The van der Waals surface area contributed by atoms with Crippen LogP contribution in [0.3, 0.4) is 0 Å². The minimum atomic E-state index is -3.02. The zero-order chi connectivity index (χ0) is 22.2. The van der Waals surface area contributed by atoms with Crippen LogP contribution in [0.15, 0.2) is 41.7 Å². The van der Waals surface area contributed by atoms with Gasteiger partial charge < -0.3 is 10.1 Å². The van der Waals surface area contributed by atoms with E-state index in [0.29, 0.717) is 29.5 Å². The standard InChI is InChI=1S/C20H21F3N6O2/c1-11(13-8-12(21)4-5-15(13)31-19(22)23)25-16-6-7-29-18(26-16)14(9-24-29)17-27-20(2,3)10-30-28-17/h4-9,11,19H,10H2,1-3H3,(H,25,26)(H,27,28)/t11-/m1/s1. The molecule has 0 radical (unpaired) electrons. The lowest BCUT2D eigenvalue weighted by molar-refractivity contribution is -0.0505. The number of rotatable bonds is 6. The Morgan fingerprint density at radius 2 is 2.10 bits per heavy atom. The molecule has 1 atom stereocenters. The molecule has 31 heavy (non-hydrogen) atoms. The molecule has 0 unspecified atom stereocenters. The maximum atomic E-state index is 13.7. The SMILES string of the molecule is C[C@@H](Nc1ccn2ncc(C3=NC(C)(C)CON3)c2n1)c1cc(F)ccc1OC(F)F. The average Bonchev–Trinajstić information content (AvgIpc) is 3.11. The number of amidine groups is 1. The van der Waals surface area contributed by atoms with E-state index >= 15 is 0 Å². The predicted octanol–water partition coefficient (Wildman–Crippen LogP) is 3.70. The molecular formula is C20H21F3N6O2. The number of hydrogen-bond donors (Lipinski definition) is 2. The van der Waals surface area contributed by atoms with Gasteiger partial charge in [-0.15, -0.1) is 0 Å². The van der Waals surface area contributed by atoms with Crippen LogP contribution in [0.2, 0.25) is 0 Å². The van der Waals surface area contributed by atoms with Crippen LogP contribution in [0.1, 0.15) is 37.9 Å². The van der Waals surface area contributed by atoms with E-state index in [1.807, 2.05) is 13.8 Å². The first kappa shape index (κ1) is 20.9. The van der Waals surface area contributed by atoms with Gasteiger partial charge in [0, 0.05) is 11.8 Å². The Balaban J connectivity index is 1.64. The molecule has 1 aliphatic rings. The number of anilines is 1. The third kappa shape index (κ3) is 4.55. The fourth-order valence-electron chi connectivity index (χ4n) is 3.23. The molecule has 1 aliphatic heterocycles. The quantitative estimate of drug-likeness (QED) is 0.616. The average molecular weight is 434 g/mol. The molecular weight excluding hydrogens is 413 g/mol. The topological polar surface area (TPSA) is 85.1 Å². The normalized spacial score (nSPS) is 16.7. The Kier molecular flexibility index (Phi) is 5.44. The van der Waals surface area contributed by atoms with Crippen LogP contribution in [-0.4, -0.2) is 39.2 Å². The Bertz CT molecular complexity index is 1130. The number of alkyl halides is 2. The van der Waals surface area contributed by atoms with E-state index in [1.54, 1.807) is 29.9 Å². The van der Waals surface area contributed by atoms with Crippen LogP contribution in [0.4, 0.5) is 19.0 Å². The van der Waals surface area contributed by atoms with E-state index in [0.717, 1.165) is 12.1 Å². The summed E-state index contributed by atoms with van der Waals surface area (Å²) in [7, 11) is 0. The number of hydrogen-bond acceptors (Lipinski definition) is 7. The molecule has 8 nitrogen and oxygen atoms in total. The van der Waals surface area contributed by atoms with Crippen LogP contribution < -0.4 is 15.5 Å². The first-order valence-electron chi connectivity index (χ1n) is 9.55. The minimum absolute atomic E-state index is 0.109. The van der Waals surface area contributed by atoms with Crippen LogP contribution in [0.5, 0.6) is 5.75 Å². The second-order valence-electron chi connectivity index (χ2n) is 7.73. The zero-order valence-electron chi connectivity index (χ0n) is 17.1. The number of nitrogens with zero attached hydrogens (tertiary/aromatic N) is 4. The summed E-state index contributed by atoms with van der Waals surface area (Å²) in [4.78, 5) is 14.6. The van der Waals surface area contributed by atoms with Crippen molar-refractivity contribution in [2.24, 2.45) is 4.99 Å². The number of benzene rings is 1. The van der Waals surface area contributed by atoms with Crippen molar-refractivity contribution in [1.29, 1.82) is 0 Å². The highest BCUT2D eigenvalue weighted by Crippen LogP contribution is 2.30. The molecule has 0 saturated heterocycles. The number of fused-ring (bicyclic) bond motifs is 1. The van der Waals surface area contributed by atoms with Gasteiger partial charge in [0.2, 0.25) is 0 Å². The Hall–Kier alpha value is -3.34. The lowest BCUT2D eigenvalue weighted by Gasteiger charge is -2.26. The van der Waals surface area contributed by atoms with Crippen molar-refractivity contribution in [1.82, 2.24) is 20.1 Å². The molecule has 2 N–H and O–H groups in total. The third-order valence-corrected chi connectivity index (χ3v) is 4.65. The fourth-order valence-corrected chi connectivity index (χ4v) is 3.23. The summed E-state index contributed by atoms with van der Waals surface area (Å²) in [6.07, 6.45) is 3.31. The molecule has 1 aromatic carbocycles. The number of hydroxylamine groups is 1. The van der Waals surface area contributed by atoms with Crippen LogP contribution in [0.25, 0.3) is 5.65 Å². The monoisotopic (exact) mass is 434 g/mol. The Morgan fingerprint density at radius 3 is 2.84 bits per heavy atom. The van der Waals surface area contributed by atoms with Gasteiger partial charge >= 0.3 is 6.61 Å². The van der Waals surface area contributed by atoms with E-state index in [9.17, 15) is 13.2 Å². The number of halogens is 3. The number of nitrogens with one attached hydrogen (secondary N) is 2. The molecule has 0 spiro atoms. The smallest absolute Gasteiger partial charge is 0.387 e. The number of ether oxygens (including phenoxy) is 1. The van der Waals surface area contributed by atoms with Crippen molar-refractivity contribution >= 4 is 17.3 Å². The second-order valence-corrected chi connectivity index (χ2v) is 7.73.